The Hall–Kier alpha value is -4.49. The van der Waals surface area contributed by atoms with Gasteiger partial charge in [-0.1, -0.05) is 60.7 Å². The first-order valence-electron chi connectivity index (χ1n) is 13.8. The zero-order chi connectivity index (χ0) is 27.5. The number of methoxy groups -OCH3 is 1. The average Bonchev–Trinajstić information content (AvgIpc) is 3.34. The highest BCUT2D eigenvalue weighted by Gasteiger charge is 2.24. The van der Waals surface area contributed by atoms with Gasteiger partial charge in [-0.25, -0.2) is 9.50 Å². The van der Waals surface area contributed by atoms with Crippen molar-refractivity contribution in [2.24, 2.45) is 0 Å². The highest BCUT2D eigenvalue weighted by Crippen LogP contribution is 2.31. The summed E-state index contributed by atoms with van der Waals surface area (Å²) >= 11 is 0. The van der Waals surface area contributed by atoms with Crippen molar-refractivity contribution < 1.29 is 9.53 Å². The normalized spacial score (nSPS) is 14.3. The van der Waals surface area contributed by atoms with Gasteiger partial charge in [-0.3, -0.25) is 9.69 Å². The Morgan fingerprint density at radius 3 is 2.27 bits per heavy atom. The van der Waals surface area contributed by atoms with Gasteiger partial charge in [-0.2, -0.15) is 5.10 Å². The van der Waals surface area contributed by atoms with Crippen molar-refractivity contribution in [1.82, 2.24) is 24.8 Å². The maximum Gasteiger partial charge on any atom is 0.270 e. The molecule has 5 aromatic rings. The molecule has 0 saturated carbocycles. The van der Waals surface area contributed by atoms with Crippen molar-refractivity contribution in [3.05, 3.63) is 108 Å². The molecule has 1 aliphatic rings. The van der Waals surface area contributed by atoms with Crippen LogP contribution in [0.15, 0.2) is 91.0 Å². The van der Waals surface area contributed by atoms with Gasteiger partial charge in [0.1, 0.15) is 11.4 Å². The SMILES string of the molecule is COc1ccc(-c2cc(C(=O)NC3CCN(Cc4ccccc4)CC3)nc3c(-c4ccccc4)c(C)nn23)cc1. The number of hydrogen-bond acceptors (Lipinski definition) is 5. The molecule has 0 bridgehead atoms. The van der Waals surface area contributed by atoms with Crippen molar-refractivity contribution >= 4 is 11.6 Å². The van der Waals surface area contributed by atoms with Gasteiger partial charge in [0.2, 0.25) is 0 Å². The van der Waals surface area contributed by atoms with Gasteiger partial charge >= 0.3 is 0 Å². The average molecular weight is 532 g/mol. The van der Waals surface area contributed by atoms with Gasteiger partial charge < -0.3 is 10.1 Å². The van der Waals surface area contributed by atoms with Crippen molar-refractivity contribution in [2.45, 2.75) is 32.4 Å². The standard InChI is InChI=1S/C33H33N5O2/c1-23-31(26-11-7-4-8-12-26)32-35-29(21-30(38(32)36-23)25-13-15-28(40-2)16-14-25)33(39)34-27-17-19-37(20-18-27)22-24-9-5-3-6-10-24/h3-16,21,27H,17-20,22H2,1-2H3,(H,34,39). The van der Waals surface area contributed by atoms with Crippen molar-refractivity contribution in [3.63, 3.8) is 0 Å². The summed E-state index contributed by atoms with van der Waals surface area (Å²) in [6.07, 6.45) is 1.82. The number of nitrogens with one attached hydrogen (secondary N) is 1. The molecule has 1 saturated heterocycles. The lowest BCUT2D eigenvalue weighted by Gasteiger charge is -2.32. The summed E-state index contributed by atoms with van der Waals surface area (Å²) in [7, 11) is 1.65. The third kappa shape index (κ3) is 5.33. The second kappa shape index (κ2) is 11.3. The molecular weight excluding hydrogens is 498 g/mol. The van der Waals surface area contributed by atoms with Crippen LogP contribution >= 0.6 is 0 Å². The minimum atomic E-state index is -0.156. The van der Waals surface area contributed by atoms with Crippen LogP contribution in [0.25, 0.3) is 28.0 Å². The van der Waals surface area contributed by atoms with E-state index in [0.29, 0.717) is 11.3 Å². The molecule has 0 spiro atoms. The van der Waals surface area contributed by atoms with E-state index in [9.17, 15) is 4.79 Å². The number of ether oxygens (including phenoxy) is 1. The minimum absolute atomic E-state index is 0.113. The molecule has 7 nitrogen and oxygen atoms in total. The summed E-state index contributed by atoms with van der Waals surface area (Å²) in [6, 6.07) is 30.4. The van der Waals surface area contributed by atoms with Crippen LogP contribution in [0.4, 0.5) is 0 Å². The topological polar surface area (TPSA) is 71.8 Å². The Balaban J connectivity index is 1.29. The number of aryl methyl sites for hydroxylation is 1. The Labute approximate surface area is 234 Å². The van der Waals surface area contributed by atoms with Gasteiger partial charge in [0, 0.05) is 36.8 Å². The number of aromatic nitrogens is 3. The first-order chi connectivity index (χ1) is 19.6. The molecule has 0 unspecified atom stereocenters. The van der Waals surface area contributed by atoms with E-state index in [-0.39, 0.29) is 11.9 Å². The summed E-state index contributed by atoms with van der Waals surface area (Å²) in [4.78, 5) is 21.0. The van der Waals surface area contributed by atoms with Crippen LogP contribution < -0.4 is 10.1 Å². The maximum atomic E-state index is 13.6. The molecule has 0 atom stereocenters. The van der Waals surface area contributed by atoms with E-state index in [1.54, 1.807) is 7.11 Å². The summed E-state index contributed by atoms with van der Waals surface area (Å²) in [5.41, 5.74) is 6.92. The van der Waals surface area contributed by atoms with Gasteiger partial charge in [-0.05, 0) is 61.2 Å². The molecule has 1 amide bonds. The third-order valence-corrected chi connectivity index (χ3v) is 7.62. The van der Waals surface area contributed by atoms with Crippen molar-refractivity contribution in [2.75, 3.05) is 20.2 Å². The van der Waals surface area contributed by atoms with E-state index in [4.69, 9.17) is 14.8 Å². The highest BCUT2D eigenvalue weighted by atomic mass is 16.5. The Kier molecular flexibility index (Phi) is 7.29. The molecule has 1 N–H and O–H groups in total. The van der Waals surface area contributed by atoms with E-state index in [0.717, 1.165) is 66.3 Å². The molecule has 2 aromatic heterocycles. The molecule has 0 aliphatic carbocycles. The number of fused-ring (bicyclic) bond motifs is 1. The van der Waals surface area contributed by atoms with Gasteiger partial charge in [0.25, 0.3) is 5.91 Å². The van der Waals surface area contributed by atoms with E-state index in [1.165, 1.54) is 5.56 Å². The summed E-state index contributed by atoms with van der Waals surface area (Å²) in [5.74, 6) is 0.615. The number of nitrogens with zero attached hydrogens (tertiary/aromatic N) is 4. The molecule has 1 aliphatic heterocycles. The zero-order valence-electron chi connectivity index (χ0n) is 22.9. The number of hydrogen-bond donors (Lipinski definition) is 1. The van der Waals surface area contributed by atoms with Gasteiger partial charge in [0.05, 0.1) is 18.5 Å². The van der Waals surface area contributed by atoms with Crippen LogP contribution in [-0.4, -0.2) is 51.6 Å². The summed E-state index contributed by atoms with van der Waals surface area (Å²) in [6.45, 7) is 4.82. The fraction of sp³-hybridized carbons (Fsp3) is 0.242. The molecule has 0 radical (unpaired) electrons. The van der Waals surface area contributed by atoms with Crippen LogP contribution in [-0.2, 0) is 6.54 Å². The molecule has 40 heavy (non-hydrogen) atoms. The van der Waals surface area contributed by atoms with E-state index >= 15 is 0 Å². The van der Waals surface area contributed by atoms with Gasteiger partial charge in [-0.15, -0.1) is 0 Å². The number of benzene rings is 3. The van der Waals surface area contributed by atoms with Crippen LogP contribution in [0.3, 0.4) is 0 Å². The quantitative estimate of drug-likeness (QED) is 0.289. The number of amides is 1. The van der Waals surface area contributed by atoms with Crippen molar-refractivity contribution in [1.29, 1.82) is 0 Å². The predicted molar refractivity (Wildman–Crippen MR) is 157 cm³/mol. The fourth-order valence-corrected chi connectivity index (χ4v) is 5.49. The Morgan fingerprint density at radius 2 is 1.60 bits per heavy atom. The smallest absolute Gasteiger partial charge is 0.270 e. The predicted octanol–water partition coefficient (Wildman–Crippen LogP) is 5.77. The zero-order valence-corrected chi connectivity index (χ0v) is 22.9. The number of carbonyl (C=O) groups excluding carboxylic acids is 1. The van der Waals surface area contributed by atoms with Crippen LogP contribution in [0.2, 0.25) is 0 Å². The Bertz CT molecular complexity index is 1610. The highest BCUT2D eigenvalue weighted by molar-refractivity contribution is 5.95. The number of likely N-dealkylation sites (tertiary alicyclic amines) is 1. The largest absolute Gasteiger partial charge is 0.497 e. The number of carbonyl (C=O) groups is 1. The fourth-order valence-electron chi connectivity index (χ4n) is 5.49. The summed E-state index contributed by atoms with van der Waals surface area (Å²) in [5, 5.41) is 8.12. The molecule has 3 heterocycles. The number of rotatable bonds is 7. The second-order valence-electron chi connectivity index (χ2n) is 10.3. The van der Waals surface area contributed by atoms with Crippen LogP contribution in [0, 0.1) is 6.92 Å². The van der Waals surface area contributed by atoms with E-state index in [2.05, 4.69) is 46.6 Å². The monoisotopic (exact) mass is 531 g/mol. The second-order valence-corrected chi connectivity index (χ2v) is 10.3. The van der Waals surface area contributed by atoms with Crippen LogP contribution in [0.1, 0.15) is 34.6 Å². The number of piperidine rings is 1. The molecule has 7 heteroatoms. The lowest BCUT2D eigenvalue weighted by Crippen LogP contribution is -2.44. The first-order valence-corrected chi connectivity index (χ1v) is 13.8. The first kappa shape index (κ1) is 25.8. The lowest BCUT2D eigenvalue weighted by atomic mass is 10.0. The summed E-state index contributed by atoms with van der Waals surface area (Å²) < 4.78 is 7.20. The molecule has 202 valence electrons. The Morgan fingerprint density at radius 1 is 0.925 bits per heavy atom. The lowest BCUT2D eigenvalue weighted by molar-refractivity contribution is 0.0904. The van der Waals surface area contributed by atoms with E-state index < -0.39 is 0 Å². The molecular formula is C33H33N5O2. The maximum absolute atomic E-state index is 13.6. The van der Waals surface area contributed by atoms with Gasteiger partial charge in [0.15, 0.2) is 5.65 Å². The third-order valence-electron chi connectivity index (χ3n) is 7.62. The van der Waals surface area contributed by atoms with E-state index in [1.807, 2.05) is 66.0 Å². The molecule has 3 aromatic carbocycles. The van der Waals surface area contributed by atoms with Crippen LogP contribution in [0.5, 0.6) is 5.75 Å². The minimum Gasteiger partial charge on any atom is -0.497 e. The molecule has 6 rings (SSSR count). The van der Waals surface area contributed by atoms with Crippen molar-refractivity contribution in [3.8, 4) is 28.1 Å². The molecule has 1 fully saturated rings.